The van der Waals surface area contributed by atoms with Crippen LogP contribution in [0.2, 0.25) is 0 Å². The van der Waals surface area contributed by atoms with Gasteiger partial charge in [0.2, 0.25) is 0 Å². The largest absolute Gasteiger partial charge is 0.507 e. The number of hydrogen-bond acceptors (Lipinski definition) is 4. The second kappa shape index (κ2) is 14.0. The number of nitrogens with zero attached hydrogens (tertiary/aromatic N) is 2. The molecule has 0 spiro atoms. The van der Waals surface area contributed by atoms with Crippen molar-refractivity contribution in [3.8, 4) is 11.5 Å². The molecule has 2 N–H and O–H groups in total. The predicted octanol–water partition coefficient (Wildman–Crippen LogP) is 5.22. The Labute approximate surface area is 173 Å². The fourth-order valence-corrected chi connectivity index (χ4v) is 1.82. The van der Waals surface area contributed by atoms with E-state index in [9.17, 15) is 10.2 Å². The van der Waals surface area contributed by atoms with Crippen molar-refractivity contribution in [1.82, 2.24) is 0 Å². The summed E-state index contributed by atoms with van der Waals surface area (Å²) in [4.78, 5) is 8.58. The van der Waals surface area contributed by atoms with Crippen LogP contribution in [-0.4, -0.2) is 34.7 Å². The van der Waals surface area contributed by atoms with Crippen molar-refractivity contribution in [2.24, 2.45) is 9.98 Å². The summed E-state index contributed by atoms with van der Waals surface area (Å²) < 4.78 is 0. The zero-order chi connectivity index (χ0) is 19.4. The van der Waals surface area contributed by atoms with Crippen LogP contribution in [0.1, 0.15) is 51.7 Å². The van der Waals surface area contributed by atoms with E-state index >= 15 is 0 Å². The average molecular weight is 418 g/mol. The molecule has 27 heavy (non-hydrogen) atoms. The van der Waals surface area contributed by atoms with E-state index < -0.39 is 0 Å². The van der Waals surface area contributed by atoms with E-state index in [-0.39, 0.29) is 28.6 Å². The molecule has 5 heteroatoms. The van der Waals surface area contributed by atoms with Crippen molar-refractivity contribution < 1.29 is 27.3 Å². The summed E-state index contributed by atoms with van der Waals surface area (Å²) in [7, 11) is 0. The van der Waals surface area contributed by atoms with E-state index in [4.69, 9.17) is 0 Å². The van der Waals surface area contributed by atoms with Gasteiger partial charge in [-0.15, -0.1) is 0 Å². The molecular formula is C22H30CuN2O2. The second-order valence-electron chi connectivity index (χ2n) is 6.19. The Morgan fingerprint density at radius 2 is 1.07 bits per heavy atom. The van der Waals surface area contributed by atoms with Gasteiger partial charge in [0, 0.05) is 52.7 Å². The molecule has 0 aliphatic carbocycles. The van der Waals surface area contributed by atoms with Gasteiger partial charge in [0.15, 0.2) is 0 Å². The second-order valence-corrected chi connectivity index (χ2v) is 6.19. The standard InChI is InChI=1S/2C11H15NO.Cu/c2*1-3-9(2)12-8-10-6-4-5-7-11(10)13;/h2*4-9,13H,3H2,1-2H3;. The van der Waals surface area contributed by atoms with Crippen LogP contribution in [0.3, 0.4) is 0 Å². The normalized spacial score (nSPS) is 12.9. The van der Waals surface area contributed by atoms with E-state index in [1.54, 1.807) is 36.7 Å². The van der Waals surface area contributed by atoms with E-state index in [0.29, 0.717) is 12.1 Å². The first kappa shape index (κ1) is 24.9. The first-order chi connectivity index (χ1) is 12.5. The van der Waals surface area contributed by atoms with E-state index in [0.717, 1.165) is 24.0 Å². The number of phenols is 2. The third-order valence-corrected chi connectivity index (χ3v) is 3.99. The first-order valence-corrected chi connectivity index (χ1v) is 9.10. The fraction of sp³-hybridized carbons (Fsp3) is 0.364. The molecule has 0 aliphatic rings. The molecule has 2 unspecified atom stereocenters. The number of benzene rings is 2. The number of hydrogen-bond donors (Lipinski definition) is 2. The molecular weight excluding hydrogens is 388 g/mol. The van der Waals surface area contributed by atoms with Gasteiger partial charge in [0.25, 0.3) is 0 Å². The molecule has 0 heterocycles. The Morgan fingerprint density at radius 1 is 0.741 bits per heavy atom. The number of aromatic hydroxyl groups is 2. The monoisotopic (exact) mass is 417 g/mol. The molecule has 4 nitrogen and oxygen atoms in total. The third-order valence-electron chi connectivity index (χ3n) is 3.99. The van der Waals surface area contributed by atoms with Crippen LogP contribution in [0.5, 0.6) is 11.5 Å². The van der Waals surface area contributed by atoms with Crippen molar-refractivity contribution >= 4 is 12.4 Å². The van der Waals surface area contributed by atoms with Gasteiger partial charge < -0.3 is 10.2 Å². The molecule has 151 valence electrons. The SMILES string of the molecule is CCC(C)N=Cc1ccccc1O.CCC(C)N=Cc1ccccc1O.[Cu]. The molecule has 2 aromatic rings. The van der Waals surface area contributed by atoms with E-state index in [1.165, 1.54) is 0 Å². The molecule has 1 radical (unpaired) electrons. The maximum atomic E-state index is 9.40. The van der Waals surface area contributed by atoms with Crippen LogP contribution in [-0.2, 0) is 17.1 Å². The Balaban J connectivity index is 0.000000483. The molecule has 0 saturated heterocycles. The maximum absolute atomic E-state index is 9.40. The number of rotatable bonds is 6. The average Bonchev–Trinajstić information content (AvgIpc) is 2.66. The van der Waals surface area contributed by atoms with Gasteiger partial charge in [-0.1, -0.05) is 38.1 Å². The van der Waals surface area contributed by atoms with Crippen molar-refractivity contribution in [1.29, 1.82) is 0 Å². The molecule has 0 aliphatic heterocycles. The molecule has 0 amide bonds. The van der Waals surface area contributed by atoms with Gasteiger partial charge in [-0.05, 0) is 51.0 Å². The number of para-hydroxylation sites is 2. The minimum atomic E-state index is 0. The quantitative estimate of drug-likeness (QED) is 0.500. The minimum absolute atomic E-state index is 0. The van der Waals surface area contributed by atoms with Crippen LogP contribution in [0.4, 0.5) is 0 Å². The van der Waals surface area contributed by atoms with E-state index in [1.807, 2.05) is 24.3 Å². The summed E-state index contributed by atoms with van der Waals surface area (Å²) >= 11 is 0. The van der Waals surface area contributed by atoms with E-state index in [2.05, 4.69) is 37.7 Å². The van der Waals surface area contributed by atoms with Gasteiger partial charge in [-0.25, -0.2) is 0 Å². The molecule has 0 saturated carbocycles. The van der Waals surface area contributed by atoms with Crippen molar-refractivity contribution in [2.75, 3.05) is 0 Å². The third kappa shape index (κ3) is 9.97. The van der Waals surface area contributed by atoms with Crippen LogP contribution in [0.15, 0.2) is 58.5 Å². The molecule has 2 aromatic carbocycles. The molecule has 0 fully saturated rings. The molecule has 2 atom stereocenters. The Bertz CT molecular complexity index is 655. The van der Waals surface area contributed by atoms with Crippen molar-refractivity contribution in [2.45, 2.75) is 52.6 Å². The van der Waals surface area contributed by atoms with Crippen LogP contribution in [0, 0.1) is 0 Å². The van der Waals surface area contributed by atoms with Crippen molar-refractivity contribution in [3.05, 3.63) is 59.7 Å². The predicted molar refractivity (Wildman–Crippen MR) is 111 cm³/mol. The van der Waals surface area contributed by atoms with Gasteiger partial charge in [0.05, 0.1) is 0 Å². The topological polar surface area (TPSA) is 65.2 Å². The Morgan fingerprint density at radius 3 is 1.37 bits per heavy atom. The Kier molecular flexibility index (Phi) is 12.9. The maximum Gasteiger partial charge on any atom is 0.124 e. The number of phenolic OH excluding ortho intramolecular Hbond substituents is 2. The van der Waals surface area contributed by atoms with Crippen LogP contribution >= 0.6 is 0 Å². The number of aliphatic imine (C=N–C) groups is 2. The smallest absolute Gasteiger partial charge is 0.124 e. The zero-order valence-corrected chi connectivity index (χ0v) is 17.4. The first-order valence-electron chi connectivity index (χ1n) is 9.10. The summed E-state index contributed by atoms with van der Waals surface area (Å²) in [5.41, 5.74) is 1.56. The molecule has 0 bridgehead atoms. The molecule has 2 rings (SSSR count). The summed E-state index contributed by atoms with van der Waals surface area (Å²) in [5.74, 6) is 0.573. The zero-order valence-electron chi connectivity index (χ0n) is 16.4. The summed E-state index contributed by atoms with van der Waals surface area (Å²) in [6.07, 6.45) is 5.49. The fourth-order valence-electron chi connectivity index (χ4n) is 1.82. The van der Waals surface area contributed by atoms with Gasteiger partial charge in [-0.2, -0.15) is 0 Å². The van der Waals surface area contributed by atoms with Crippen LogP contribution in [0.25, 0.3) is 0 Å². The van der Waals surface area contributed by atoms with Gasteiger partial charge >= 0.3 is 0 Å². The Hall–Kier alpha value is -2.10. The molecule has 0 aromatic heterocycles. The summed E-state index contributed by atoms with van der Waals surface area (Å²) in [5, 5.41) is 18.8. The minimum Gasteiger partial charge on any atom is -0.507 e. The van der Waals surface area contributed by atoms with Gasteiger partial charge in [0.1, 0.15) is 11.5 Å². The van der Waals surface area contributed by atoms with Crippen LogP contribution < -0.4 is 0 Å². The van der Waals surface area contributed by atoms with Crippen molar-refractivity contribution in [3.63, 3.8) is 0 Å². The van der Waals surface area contributed by atoms with Gasteiger partial charge in [-0.3, -0.25) is 9.98 Å². The summed E-state index contributed by atoms with van der Waals surface area (Å²) in [6.45, 7) is 8.28. The summed E-state index contributed by atoms with van der Waals surface area (Å²) in [6, 6.07) is 15.0.